The van der Waals surface area contributed by atoms with E-state index in [1.807, 2.05) is 11.9 Å². The van der Waals surface area contributed by atoms with Gasteiger partial charge in [0, 0.05) is 24.3 Å². The van der Waals surface area contributed by atoms with E-state index in [1.165, 1.54) is 18.6 Å². The second-order valence-electron chi connectivity index (χ2n) is 8.31. The van der Waals surface area contributed by atoms with Crippen LogP contribution in [0.1, 0.15) is 44.6 Å². The molecule has 4 rings (SSSR count). The number of amides is 1. The largest absolute Gasteiger partial charge is 0.369 e. The van der Waals surface area contributed by atoms with Gasteiger partial charge in [0.05, 0.1) is 10.6 Å². The van der Waals surface area contributed by atoms with E-state index >= 15 is 0 Å². The van der Waals surface area contributed by atoms with Crippen molar-refractivity contribution in [2.45, 2.75) is 56.0 Å². The Bertz CT molecular complexity index is 1160. The SMILES string of the molecule is C[C@H](N=C1NS(=O)(=O)c2ccccc21)C(=O)Nc1ccc(N(C)C2CCCCC2)c(F)c1. The number of anilines is 2. The Kier molecular flexibility index (Phi) is 6.19. The molecule has 1 amide bonds. The van der Waals surface area contributed by atoms with Crippen LogP contribution in [0.5, 0.6) is 0 Å². The highest BCUT2D eigenvalue weighted by atomic mass is 32.2. The Morgan fingerprint density at radius 3 is 2.62 bits per heavy atom. The minimum absolute atomic E-state index is 0.124. The highest BCUT2D eigenvalue weighted by Crippen LogP contribution is 2.29. The molecule has 0 radical (unpaired) electrons. The third-order valence-corrected chi connectivity index (χ3v) is 7.48. The number of aliphatic imine (C=N–C) groups is 1. The number of benzene rings is 2. The van der Waals surface area contributed by atoms with Gasteiger partial charge in [0.15, 0.2) is 0 Å². The number of hydrogen-bond donors (Lipinski definition) is 2. The van der Waals surface area contributed by atoms with E-state index in [-0.39, 0.29) is 10.7 Å². The number of amidine groups is 1. The second kappa shape index (κ2) is 8.90. The standard InChI is InChI=1S/C23H27FN4O3S/c1-15(25-22-18-10-6-7-11-21(18)32(30,31)27-22)23(29)26-16-12-13-20(19(24)14-16)28(2)17-8-4-3-5-9-17/h6-7,10-15,17H,3-5,8-9H2,1-2H3,(H,25,27)(H,26,29)/t15-/m0/s1. The number of sulfonamides is 1. The molecule has 9 heteroatoms. The summed E-state index contributed by atoms with van der Waals surface area (Å²) in [4.78, 5) is 19.0. The molecular formula is C23H27FN4O3S. The normalized spacial score (nSPS) is 19.8. The highest BCUT2D eigenvalue weighted by molar-refractivity contribution is 7.90. The molecule has 0 aromatic heterocycles. The fourth-order valence-electron chi connectivity index (χ4n) is 4.26. The molecule has 1 heterocycles. The fourth-order valence-corrected chi connectivity index (χ4v) is 5.50. The van der Waals surface area contributed by atoms with Crippen molar-refractivity contribution in [2.24, 2.45) is 4.99 Å². The smallest absolute Gasteiger partial charge is 0.263 e. The maximum Gasteiger partial charge on any atom is 0.263 e. The molecule has 1 saturated carbocycles. The van der Waals surface area contributed by atoms with E-state index in [4.69, 9.17) is 0 Å². The Labute approximate surface area is 187 Å². The van der Waals surface area contributed by atoms with Crippen LogP contribution in [0.25, 0.3) is 0 Å². The number of nitrogens with one attached hydrogen (secondary N) is 2. The van der Waals surface area contributed by atoms with Gasteiger partial charge in [-0.15, -0.1) is 0 Å². The number of nitrogens with zero attached hydrogens (tertiary/aromatic N) is 2. The number of carbonyl (C=O) groups is 1. The second-order valence-corrected chi connectivity index (χ2v) is 9.96. The van der Waals surface area contributed by atoms with Gasteiger partial charge in [-0.3, -0.25) is 14.5 Å². The lowest BCUT2D eigenvalue weighted by Gasteiger charge is -2.33. The van der Waals surface area contributed by atoms with Gasteiger partial charge < -0.3 is 10.2 Å². The molecule has 32 heavy (non-hydrogen) atoms. The van der Waals surface area contributed by atoms with E-state index in [0.717, 1.165) is 25.7 Å². The van der Waals surface area contributed by atoms with E-state index in [2.05, 4.69) is 15.0 Å². The first-order valence-electron chi connectivity index (χ1n) is 10.8. The van der Waals surface area contributed by atoms with Gasteiger partial charge in [-0.25, -0.2) is 12.8 Å². The van der Waals surface area contributed by atoms with Crippen LogP contribution >= 0.6 is 0 Å². The molecule has 2 aromatic rings. The van der Waals surface area contributed by atoms with Crippen LogP contribution in [0, 0.1) is 5.82 Å². The monoisotopic (exact) mass is 458 g/mol. The maximum absolute atomic E-state index is 14.8. The van der Waals surface area contributed by atoms with E-state index in [1.54, 1.807) is 37.3 Å². The molecule has 0 unspecified atom stereocenters. The molecular weight excluding hydrogens is 431 g/mol. The van der Waals surface area contributed by atoms with Crippen LogP contribution in [0.3, 0.4) is 0 Å². The van der Waals surface area contributed by atoms with Crippen LogP contribution in [-0.2, 0) is 14.8 Å². The minimum atomic E-state index is -3.68. The quantitative estimate of drug-likeness (QED) is 0.715. The van der Waals surface area contributed by atoms with Crippen molar-refractivity contribution in [1.29, 1.82) is 0 Å². The van der Waals surface area contributed by atoms with Crippen molar-refractivity contribution in [3.63, 3.8) is 0 Å². The van der Waals surface area contributed by atoms with Crippen molar-refractivity contribution in [3.05, 3.63) is 53.8 Å². The van der Waals surface area contributed by atoms with E-state index < -0.39 is 27.8 Å². The number of hydrogen-bond acceptors (Lipinski definition) is 5. The average molecular weight is 459 g/mol. The number of rotatable bonds is 5. The fraction of sp³-hybridized carbons (Fsp3) is 0.391. The molecule has 2 aromatic carbocycles. The molecule has 7 nitrogen and oxygen atoms in total. The molecule has 1 aliphatic carbocycles. The number of halogens is 1. The molecule has 1 aliphatic heterocycles. The summed E-state index contributed by atoms with van der Waals surface area (Å²) in [6.07, 6.45) is 5.66. The molecule has 2 N–H and O–H groups in total. The summed E-state index contributed by atoms with van der Waals surface area (Å²) in [5, 5.41) is 2.67. The lowest BCUT2D eigenvalue weighted by atomic mass is 9.94. The van der Waals surface area contributed by atoms with Gasteiger partial charge in [-0.05, 0) is 50.1 Å². The van der Waals surface area contributed by atoms with Gasteiger partial charge >= 0.3 is 0 Å². The summed E-state index contributed by atoms with van der Waals surface area (Å²) < 4.78 is 41.6. The predicted octanol–water partition coefficient (Wildman–Crippen LogP) is 3.66. The van der Waals surface area contributed by atoms with Crippen LogP contribution < -0.4 is 14.9 Å². The minimum Gasteiger partial charge on any atom is -0.369 e. The summed E-state index contributed by atoms with van der Waals surface area (Å²) in [6.45, 7) is 1.55. The summed E-state index contributed by atoms with van der Waals surface area (Å²) in [5.41, 5.74) is 1.27. The van der Waals surface area contributed by atoms with Crippen LogP contribution in [-0.4, -0.2) is 39.3 Å². The van der Waals surface area contributed by atoms with Crippen molar-refractivity contribution in [1.82, 2.24) is 4.72 Å². The van der Waals surface area contributed by atoms with Crippen molar-refractivity contribution < 1.29 is 17.6 Å². The van der Waals surface area contributed by atoms with Crippen LogP contribution in [0.2, 0.25) is 0 Å². The van der Waals surface area contributed by atoms with Crippen molar-refractivity contribution in [2.75, 3.05) is 17.3 Å². The van der Waals surface area contributed by atoms with Gasteiger partial charge in [-0.2, -0.15) is 0 Å². The zero-order valence-electron chi connectivity index (χ0n) is 18.1. The first-order valence-corrected chi connectivity index (χ1v) is 12.3. The Morgan fingerprint density at radius 2 is 1.91 bits per heavy atom. The van der Waals surface area contributed by atoms with Crippen LogP contribution in [0.15, 0.2) is 52.4 Å². The molecule has 0 bridgehead atoms. The summed E-state index contributed by atoms with van der Waals surface area (Å²) in [5.74, 6) is -0.736. The first-order chi connectivity index (χ1) is 15.3. The lowest BCUT2D eigenvalue weighted by molar-refractivity contribution is -0.117. The maximum atomic E-state index is 14.8. The number of carbonyl (C=O) groups excluding carboxylic acids is 1. The number of fused-ring (bicyclic) bond motifs is 1. The summed E-state index contributed by atoms with van der Waals surface area (Å²) in [6, 6.07) is 10.5. The highest BCUT2D eigenvalue weighted by Gasteiger charge is 2.31. The Balaban J connectivity index is 1.46. The van der Waals surface area contributed by atoms with Crippen molar-refractivity contribution in [3.8, 4) is 0 Å². The Hall–Kier alpha value is -2.94. The van der Waals surface area contributed by atoms with Gasteiger partial charge in [0.2, 0.25) is 5.91 Å². The summed E-state index contributed by atoms with van der Waals surface area (Å²) >= 11 is 0. The molecule has 0 spiro atoms. The van der Waals surface area contributed by atoms with Gasteiger partial charge in [0.25, 0.3) is 10.0 Å². The third-order valence-electron chi connectivity index (χ3n) is 6.08. The predicted molar refractivity (Wildman–Crippen MR) is 123 cm³/mol. The molecule has 170 valence electrons. The molecule has 2 aliphatic rings. The average Bonchev–Trinajstić information content (AvgIpc) is 3.04. The Morgan fingerprint density at radius 1 is 1.19 bits per heavy atom. The van der Waals surface area contributed by atoms with Gasteiger partial charge in [0.1, 0.15) is 17.7 Å². The molecule has 0 saturated heterocycles. The zero-order valence-corrected chi connectivity index (χ0v) is 19.0. The first kappa shape index (κ1) is 22.3. The molecule has 1 fully saturated rings. The van der Waals surface area contributed by atoms with Gasteiger partial charge in [-0.1, -0.05) is 31.4 Å². The van der Waals surface area contributed by atoms with E-state index in [9.17, 15) is 17.6 Å². The van der Waals surface area contributed by atoms with E-state index in [0.29, 0.717) is 23.0 Å². The van der Waals surface area contributed by atoms with Crippen LogP contribution in [0.4, 0.5) is 15.8 Å². The molecule has 1 atom stereocenters. The zero-order chi connectivity index (χ0) is 22.9. The summed E-state index contributed by atoms with van der Waals surface area (Å²) in [7, 11) is -1.77. The lowest BCUT2D eigenvalue weighted by Crippen LogP contribution is -2.34. The third kappa shape index (κ3) is 4.48. The topological polar surface area (TPSA) is 90.9 Å². The van der Waals surface area contributed by atoms with Crippen molar-refractivity contribution >= 4 is 33.1 Å².